The first kappa shape index (κ1) is 10.5. The van der Waals surface area contributed by atoms with Gasteiger partial charge in [-0.05, 0) is 20.1 Å². The molecule has 0 aromatic carbocycles. The van der Waals surface area contributed by atoms with Crippen LogP contribution < -0.4 is 5.73 Å². The van der Waals surface area contributed by atoms with Crippen molar-refractivity contribution in [3.05, 3.63) is 23.3 Å². The van der Waals surface area contributed by atoms with Crippen LogP contribution in [0.3, 0.4) is 0 Å². The fourth-order valence-corrected chi connectivity index (χ4v) is 1.57. The first-order valence-electron chi connectivity index (χ1n) is 4.22. The molecule has 1 heterocycles. The number of hydrogen-bond acceptors (Lipinski definition) is 4. The third-order valence-electron chi connectivity index (χ3n) is 1.83. The second-order valence-electron chi connectivity index (χ2n) is 3.05. The topological polar surface area (TPSA) is 51.8 Å². The van der Waals surface area contributed by atoms with Crippen LogP contribution in [0.5, 0.6) is 0 Å². The number of hydrogen-bond donors (Lipinski definition) is 1. The van der Waals surface area contributed by atoms with Crippen molar-refractivity contribution >= 4 is 11.8 Å². The van der Waals surface area contributed by atoms with E-state index in [1.54, 1.807) is 11.8 Å². The lowest BCUT2D eigenvalue weighted by Crippen LogP contribution is -2.10. The Hall–Kier alpha value is -0.610. The normalized spacial score (nSPS) is 12.9. The summed E-state index contributed by atoms with van der Waals surface area (Å²) in [6.45, 7) is 3.92. The largest absolute Gasteiger partial charge is 0.324 e. The van der Waals surface area contributed by atoms with Gasteiger partial charge in [0.25, 0.3) is 0 Å². The average Bonchev–Trinajstić information content (AvgIpc) is 2.04. The SMILES string of the molecule is CSCc1ncc([C@@H](C)N)c(C)n1. The van der Waals surface area contributed by atoms with Crippen LogP contribution in [0, 0.1) is 6.92 Å². The quantitative estimate of drug-likeness (QED) is 0.800. The highest BCUT2D eigenvalue weighted by Crippen LogP contribution is 2.13. The summed E-state index contributed by atoms with van der Waals surface area (Å²) in [6, 6.07) is 0.0170. The van der Waals surface area contributed by atoms with Gasteiger partial charge in [0.2, 0.25) is 0 Å². The lowest BCUT2D eigenvalue weighted by Gasteiger charge is -2.08. The molecular weight excluding hydrogens is 182 g/mol. The predicted molar refractivity (Wildman–Crippen MR) is 56.6 cm³/mol. The molecule has 0 aliphatic rings. The molecule has 0 spiro atoms. The van der Waals surface area contributed by atoms with Crippen LogP contribution in [0.15, 0.2) is 6.20 Å². The van der Waals surface area contributed by atoms with Gasteiger partial charge < -0.3 is 5.73 Å². The smallest absolute Gasteiger partial charge is 0.138 e. The summed E-state index contributed by atoms with van der Waals surface area (Å²) in [5.74, 6) is 1.74. The van der Waals surface area contributed by atoms with Gasteiger partial charge in [-0.2, -0.15) is 11.8 Å². The van der Waals surface area contributed by atoms with Crippen molar-refractivity contribution < 1.29 is 0 Å². The maximum atomic E-state index is 5.75. The van der Waals surface area contributed by atoms with Gasteiger partial charge in [0, 0.05) is 23.5 Å². The van der Waals surface area contributed by atoms with Gasteiger partial charge in [0.15, 0.2) is 0 Å². The Morgan fingerprint density at radius 2 is 2.31 bits per heavy atom. The highest BCUT2D eigenvalue weighted by molar-refractivity contribution is 7.97. The van der Waals surface area contributed by atoms with E-state index in [4.69, 9.17) is 5.73 Å². The molecule has 72 valence electrons. The van der Waals surface area contributed by atoms with Crippen LogP contribution in [0.1, 0.15) is 30.0 Å². The summed E-state index contributed by atoms with van der Waals surface area (Å²) >= 11 is 1.72. The third kappa shape index (κ3) is 2.67. The second-order valence-corrected chi connectivity index (χ2v) is 3.91. The van der Waals surface area contributed by atoms with Crippen LogP contribution in [0.2, 0.25) is 0 Å². The Bertz CT molecular complexity index is 286. The summed E-state index contributed by atoms with van der Waals surface area (Å²) in [5.41, 5.74) is 7.78. The van der Waals surface area contributed by atoms with E-state index < -0.39 is 0 Å². The minimum absolute atomic E-state index is 0.0170. The first-order valence-corrected chi connectivity index (χ1v) is 5.61. The van der Waals surface area contributed by atoms with Gasteiger partial charge in [-0.15, -0.1) is 0 Å². The van der Waals surface area contributed by atoms with Crippen molar-refractivity contribution in [3.63, 3.8) is 0 Å². The Morgan fingerprint density at radius 3 is 2.77 bits per heavy atom. The fraction of sp³-hybridized carbons (Fsp3) is 0.556. The van der Waals surface area contributed by atoms with Crippen LogP contribution in [0.25, 0.3) is 0 Å². The molecule has 0 saturated heterocycles. The molecule has 0 saturated carbocycles. The molecule has 1 atom stereocenters. The van der Waals surface area contributed by atoms with Crippen molar-refractivity contribution in [3.8, 4) is 0 Å². The van der Waals surface area contributed by atoms with E-state index in [0.29, 0.717) is 0 Å². The number of nitrogens with zero attached hydrogens (tertiary/aromatic N) is 2. The molecule has 0 radical (unpaired) electrons. The maximum absolute atomic E-state index is 5.75. The minimum Gasteiger partial charge on any atom is -0.324 e. The molecule has 3 nitrogen and oxygen atoms in total. The molecule has 0 bridgehead atoms. The molecular formula is C9H15N3S. The van der Waals surface area contributed by atoms with Gasteiger partial charge >= 0.3 is 0 Å². The zero-order valence-corrected chi connectivity index (χ0v) is 9.06. The van der Waals surface area contributed by atoms with E-state index >= 15 is 0 Å². The zero-order valence-electron chi connectivity index (χ0n) is 8.24. The van der Waals surface area contributed by atoms with E-state index in [0.717, 1.165) is 22.8 Å². The molecule has 1 rings (SSSR count). The third-order valence-corrected chi connectivity index (χ3v) is 2.38. The number of nitrogens with two attached hydrogens (primary N) is 1. The van der Waals surface area contributed by atoms with E-state index in [1.165, 1.54) is 0 Å². The average molecular weight is 197 g/mol. The molecule has 13 heavy (non-hydrogen) atoms. The summed E-state index contributed by atoms with van der Waals surface area (Å²) in [4.78, 5) is 8.61. The van der Waals surface area contributed by atoms with Gasteiger partial charge in [-0.3, -0.25) is 0 Å². The second kappa shape index (κ2) is 4.58. The molecule has 0 aliphatic carbocycles. The van der Waals surface area contributed by atoms with Crippen molar-refractivity contribution in [1.29, 1.82) is 0 Å². The molecule has 1 aromatic heterocycles. The summed E-state index contributed by atoms with van der Waals surface area (Å²) < 4.78 is 0. The molecule has 0 fully saturated rings. The lowest BCUT2D eigenvalue weighted by atomic mass is 10.1. The van der Waals surface area contributed by atoms with E-state index in [9.17, 15) is 0 Å². The summed E-state index contributed by atoms with van der Waals surface area (Å²) in [6.07, 6.45) is 3.87. The van der Waals surface area contributed by atoms with Gasteiger partial charge in [0.1, 0.15) is 5.82 Å². The lowest BCUT2D eigenvalue weighted by molar-refractivity contribution is 0.781. The Labute approximate surface area is 83.2 Å². The monoisotopic (exact) mass is 197 g/mol. The number of aryl methyl sites for hydroxylation is 1. The van der Waals surface area contributed by atoms with Crippen LogP contribution >= 0.6 is 11.8 Å². The van der Waals surface area contributed by atoms with Crippen molar-refractivity contribution in [2.75, 3.05) is 6.26 Å². The summed E-state index contributed by atoms with van der Waals surface area (Å²) in [7, 11) is 0. The van der Waals surface area contributed by atoms with E-state index in [-0.39, 0.29) is 6.04 Å². The molecule has 0 unspecified atom stereocenters. The molecule has 4 heteroatoms. The van der Waals surface area contributed by atoms with Crippen molar-refractivity contribution in [1.82, 2.24) is 9.97 Å². The number of rotatable bonds is 3. The molecule has 1 aromatic rings. The maximum Gasteiger partial charge on any atom is 0.138 e. The summed E-state index contributed by atoms with van der Waals surface area (Å²) in [5, 5.41) is 0. The van der Waals surface area contributed by atoms with Gasteiger partial charge in [-0.25, -0.2) is 9.97 Å². The Kier molecular flexibility index (Phi) is 3.69. The zero-order chi connectivity index (χ0) is 9.84. The van der Waals surface area contributed by atoms with Crippen molar-refractivity contribution in [2.24, 2.45) is 5.73 Å². The molecule has 2 N–H and O–H groups in total. The Balaban J connectivity index is 2.92. The minimum atomic E-state index is 0.0170. The van der Waals surface area contributed by atoms with E-state index in [2.05, 4.69) is 9.97 Å². The van der Waals surface area contributed by atoms with Crippen molar-refractivity contribution in [2.45, 2.75) is 25.6 Å². The standard InChI is InChI=1S/C9H15N3S/c1-6(10)8-4-11-9(5-13-3)12-7(8)2/h4,6H,5,10H2,1-3H3/t6-/m1/s1. The molecule has 0 amide bonds. The van der Waals surface area contributed by atoms with Crippen LogP contribution in [-0.4, -0.2) is 16.2 Å². The fourth-order valence-electron chi connectivity index (χ4n) is 1.17. The van der Waals surface area contributed by atoms with Gasteiger partial charge in [-0.1, -0.05) is 0 Å². The first-order chi connectivity index (χ1) is 6.15. The van der Waals surface area contributed by atoms with Gasteiger partial charge in [0.05, 0.1) is 5.75 Å². The van der Waals surface area contributed by atoms with E-state index in [1.807, 2.05) is 26.3 Å². The predicted octanol–water partition coefficient (Wildman–Crippen LogP) is 1.67. The number of thioether (sulfide) groups is 1. The molecule has 0 aliphatic heterocycles. The highest BCUT2D eigenvalue weighted by atomic mass is 32.2. The van der Waals surface area contributed by atoms with Crippen LogP contribution in [-0.2, 0) is 5.75 Å². The highest BCUT2D eigenvalue weighted by Gasteiger charge is 2.06. The number of aromatic nitrogens is 2. The van der Waals surface area contributed by atoms with Crippen LogP contribution in [0.4, 0.5) is 0 Å². The Morgan fingerprint density at radius 1 is 1.62 bits per heavy atom.